The molecule has 32 heavy (non-hydrogen) atoms. The van der Waals surface area contributed by atoms with Crippen LogP contribution in [0, 0.1) is 0 Å². The Morgan fingerprint density at radius 2 is 1.75 bits per heavy atom. The van der Waals surface area contributed by atoms with Crippen LogP contribution in [0.1, 0.15) is 0 Å². The van der Waals surface area contributed by atoms with Crippen molar-refractivity contribution in [3.05, 3.63) is 40.4 Å². The van der Waals surface area contributed by atoms with Gasteiger partial charge in [0.05, 0.1) is 38.1 Å². The summed E-state index contributed by atoms with van der Waals surface area (Å²) in [4.78, 5) is 12.4. The molecule has 1 heterocycles. The fraction of sp³-hybridized carbons (Fsp3) is 0.350. The minimum Gasteiger partial charge on any atom is -0.495 e. The molecular weight excluding hydrogens is 483 g/mol. The van der Waals surface area contributed by atoms with Gasteiger partial charge in [0.25, 0.3) is 5.91 Å². The molecule has 9 nitrogen and oxygen atoms in total. The molecule has 0 radical (unpaired) electrons. The Balaban J connectivity index is 1.77. The normalized spacial score (nSPS) is 14.6. The van der Waals surface area contributed by atoms with Crippen LogP contribution in [-0.4, -0.2) is 65.8 Å². The number of anilines is 1. The number of ether oxygens (including phenoxy) is 4. The number of carbonyl (C=O) groups excluding carboxylic acids is 1. The molecule has 1 N–H and O–H groups in total. The van der Waals surface area contributed by atoms with E-state index in [1.807, 2.05) is 0 Å². The molecule has 174 valence electrons. The van der Waals surface area contributed by atoms with Crippen molar-refractivity contribution in [3.63, 3.8) is 0 Å². The number of rotatable bonds is 8. The van der Waals surface area contributed by atoms with Gasteiger partial charge in [0, 0.05) is 30.2 Å². The van der Waals surface area contributed by atoms with Gasteiger partial charge in [-0.2, -0.15) is 4.31 Å². The average molecular weight is 505 g/mol. The average Bonchev–Trinajstić information content (AvgIpc) is 2.79. The Bertz CT molecular complexity index is 1090. The van der Waals surface area contributed by atoms with Crippen LogP contribution in [0.2, 0.25) is 10.0 Å². The van der Waals surface area contributed by atoms with Crippen molar-refractivity contribution in [1.29, 1.82) is 0 Å². The smallest absolute Gasteiger partial charge is 0.262 e. The quantitative estimate of drug-likeness (QED) is 0.588. The van der Waals surface area contributed by atoms with Gasteiger partial charge in [-0.3, -0.25) is 4.79 Å². The van der Waals surface area contributed by atoms with Gasteiger partial charge in [0.1, 0.15) is 22.1 Å². The fourth-order valence-electron chi connectivity index (χ4n) is 3.02. The Kier molecular flexibility index (Phi) is 8.07. The number of nitrogens with zero attached hydrogens (tertiary/aromatic N) is 1. The predicted molar refractivity (Wildman–Crippen MR) is 120 cm³/mol. The molecule has 0 unspecified atom stereocenters. The first-order valence-corrected chi connectivity index (χ1v) is 11.7. The van der Waals surface area contributed by atoms with Crippen LogP contribution < -0.4 is 19.5 Å². The largest absolute Gasteiger partial charge is 0.495 e. The first kappa shape index (κ1) is 24.4. The van der Waals surface area contributed by atoms with Gasteiger partial charge >= 0.3 is 0 Å². The molecule has 0 aromatic heterocycles. The maximum atomic E-state index is 13.1. The minimum absolute atomic E-state index is 0.0108. The fourth-order valence-corrected chi connectivity index (χ4v) is 5.05. The van der Waals surface area contributed by atoms with E-state index in [-0.39, 0.29) is 28.8 Å². The van der Waals surface area contributed by atoms with Crippen molar-refractivity contribution in [2.24, 2.45) is 0 Å². The molecule has 1 aliphatic rings. The van der Waals surface area contributed by atoms with E-state index in [1.165, 1.54) is 48.9 Å². The van der Waals surface area contributed by atoms with Crippen molar-refractivity contribution in [1.82, 2.24) is 4.31 Å². The van der Waals surface area contributed by atoms with E-state index >= 15 is 0 Å². The second kappa shape index (κ2) is 10.6. The zero-order valence-corrected chi connectivity index (χ0v) is 19.7. The van der Waals surface area contributed by atoms with Crippen molar-refractivity contribution in [2.45, 2.75) is 4.90 Å². The zero-order chi connectivity index (χ0) is 23.3. The van der Waals surface area contributed by atoms with Crippen LogP contribution in [0.5, 0.6) is 17.2 Å². The van der Waals surface area contributed by atoms with Gasteiger partial charge < -0.3 is 24.3 Å². The molecule has 1 saturated heterocycles. The van der Waals surface area contributed by atoms with Crippen molar-refractivity contribution >= 4 is 44.8 Å². The number of nitrogens with one attached hydrogen (secondary N) is 1. The second-order valence-corrected chi connectivity index (χ2v) is 9.38. The van der Waals surface area contributed by atoms with E-state index in [1.54, 1.807) is 0 Å². The Morgan fingerprint density at radius 3 is 2.41 bits per heavy atom. The highest BCUT2D eigenvalue weighted by atomic mass is 35.5. The Hall–Kier alpha value is -2.24. The molecule has 1 amide bonds. The van der Waals surface area contributed by atoms with Gasteiger partial charge in [-0.15, -0.1) is 0 Å². The second-order valence-electron chi connectivity index (χ2n) is 6.63. The first-order valence-electron chi connectivity index (χ1n) is 9.48. The van der Waals surface area contributed by atoms with Crippen molar-refractivity contribution in [2.75, 3.05) is 52.4 Å². The molecule has 0 atom stereocenters. The van der Waals surface area contributed by atoms with Crippen molar-refractivity contribution < 1.29 is 32.2 Å². The van der Waals surface area contributed by atoms with Crippen LogP contribution in [0.4, 0.5) is 5.69 Å². The lowest BCUT2D eigenvalue weighted by atomic mass is 10.2. The molecule has 0 spiro atoms. The number of hydrogen-bond acceptors (Lipinski definition) is 7. The predicted octanol–water partition coefficient (Wildman–Crippen LogP) is 3.05. The SMILES string of the molecule is COc1cc(NC(=O)COc2ccc(Cl)cc2S(=O)(=O)N2CCOCC2)c(OC)cc1Cl. The van der Waals surface area contributed by atoms with Gasteiger partial charge in [-0.05, 0) is 18.2 Å². The number of morpholine rings is 1. The van der Waals surface area contributed by atoms with Crippen LogP contribution in [0.15, 0.2) is 35.2 Å². The summed E-state index contributed by atoms with van der Waals surface area (Å²) in [6, 6.07) is 7.21. The van der Waals surface area contributed by atoms with Gasteiger partial charge in [0.15, 0.2) is 6.61 Å². The van der Waals surface area contributed by atoms with Crippen LogP contribution in [0.3, 0.4) is 0 Å². The van der Waals surface area contributed by atoms with E-state index in [2.05, 4.69) is 5.32 Å². The molecule has 2 aromatic carbocycles. The number of carbonyl (C=O) groups is 1. The molecule has 1 fully saturated rings. The summed E-state index contributed by atoms with van der Waals surface area (Å²) in [5.74, 6) is 0.139. The third-order valence-corrected chi connectivity index (χ3v) is 7.05. The molecule has 0 saturated carbocycles. The number of benzene rings is 2. The van der Waals surface area contributed by atoms with Crippen LogP contribution >= 0.6 is 23.2 Å². The molecule has 3 rings (SSSR count). The summed E-state index contributed by atoms with van der Waals surface area (Å²) in [5, 5.41) is 3.18. The summed E-state index contributed by atoms with van der Waals surface area (Å²) in [7, 11) is -1.01. The van der Waals surface area contributed by atoms with Gasteiger partial charge in [0.2, 0.25) is 10.0 Å². The lowest BCUT2D eigenvalue weighted by Gasteiger charge is -2.26. The van der Waals surface area contributed by atoms with E-state index < -0.39 is 22.5 Å². The third-order valence-electron chi connectivity index (χ3n) is 4.60. The highest BCUT2D eigenvalue weighted by Crippen LogP contribution is 2.36. The summed E-state index contributed by atoms with van der Waals surface area (Å²) in [6.45, 7) is 0.566. The van der Waals surface area contributed by atoms with E-state index in [9.17, 15) is 13.2 Å². The molecular formula is C20H22Cl2N2O7S. The standard InChI is InChI=1S/C20H22Cl2N2O7S/c1-28-17-11-15(18(29-2)10-14(17)22)23-20(25)12-31-16-4-3-13(21)9-19(16)32(26,27)24-5-7-30-8-6-24/h3-4,9-11H,5-8,12H2,1-2H3,(H,23,25). The highest BCUT2D eigenvalue weighted by molar-refractivity contribution is 7.89. The number of amides is 1. The van der Waals surface area contributed by atoms with Gasteiger partial charge in [-0.25, -0.2) is 8.42 Å². The molecule has 0 bridgehead atoms. The topological polar surface area (TPSA) is 103 Å². The number of sulfonamides is 1. The third kappa shape index (κ3) is 5.57. The van der Waals surface area contributed by atoms with E-state index in [0.717, 1.165) is 0 Å². The van der Waals surface area contributed by atoms with Crippen LogP contribution in [0.25, 0.3) is 0 Å². The van der Waals surface area contributed by atoms with Gasteiger partial charge in [-0.1, -0.05) is 23.2 Å². The van der Waals surface area contributed by atoms with Crippen molar-refractivity contribution in [3.8, 4) is 17.2 Å². The molecule has 1 aliphatic heterocycles. The lowest BCUT2D eigenvalue weighted by Crippen LogP contribution is -2.40. The number of hydrogen-bond donors (Lipinski definition) is 1. The molecule has 0 aliphatic carbocycles. The number of halogens is 2. The monoisotopic (exact) mass is 504 g/mol. The first-order chi connectivity index (χ1) is 15.3. The summed E-state index contributed by atoms with van der Waals surface area (Å²) in [6.07, 6.45) is 0. The zero-order valence-electron chi connectivity index (χ0n) is 17.4. The Morgan fingerprint density at radius 1 is 1.06 bits per heavy atom. The molecule has 2 aromatic rings. The maximum Gasteiger partial charge on any atom is 0.262 e. The lowest BCUT2D eigenvalue weighted by molar-refractivity contribution is -0.118. The van der Waals surface area contributed by atoms with E-state index in [4.69, 9.17) is 42.1 Å². The summed E-state index contributed by atoms with van der Waals surface area (Å²) in [5.41, 5.74) is 0.319. The maximum absolute atomic E-state index is 13.1. The molecule has 12 heteroatoms. The summed E-state index contributed by atoms with van der Waals surface area (Å²) >= 11 is 12.1. The van der Waals surface area contributed by atoms with E-state index in [0.29, 0.717) is 35.4 Å². The Labute approximate surface area is 196 Å². The number of methoxy groups -OCH3 is 2. The van der Waals surface area contributed by atoms with Crippen LogP contribution in [-0.2, 0) is 19.6 Å². The highest BCUT2D eigenvalue weighted by Gasteiger charge is 2.30. The minimum atomic E-state index is -3.89. The summed E-state index contributed by atoms with van der Waals surface area (Å²) < 4.78 is 48.6.